The smallest absolute Gasteiger partial charge is 0.159 e. The van der Waals surface area contributed by atoms with Gasteiger partial charge < -0.3 is 18.8 Å². The van der Waals surface area contributed by atoms with Crippen LogP contribution in [0.25, 0.3) is 0 Å². The monoisotopic (exact) mass is 514 g/mol. The molecule has 1 aromatic heterocycles. The molecular formula is C23H22Cl4N2O3. The molecule has 0 N–H and O–H groups in total. The van der Waals surface area contributed by atoms with Crippen LogP contribution in [0.5, 0.6) is 5.75 Å². The predicted molar refractivity (Wildman–Crippen MR) is 127 cm³/mol. The summed E-state index contributed by atoms with van der Waals surface area (Å²) in [5.41, 5.74) is 0.847. The van der Waals surface area contributed by atoms with Gasteiger partial charge in [0.25, 0.3) is 0 Å². The van der Waals surface area contributed by atoms with Gasteiger partial charge in [0.15, 0.2) is 6.29 Å². The van der Waals surface area contributed by atoms with Gasteiger partial charge in [-0.1, -0.05) is 52.5 Å². The Morgan fingerprint density at radius 1 is 1.03 bits per heavy atom. The van der Waals surface area contributed by atoms with E-state index in [4.69, 9.17) is 60.6 Å². The third kappa shape index (κ3) is 6.31. The number of nitrogens with zero attached hydrogens (tertiary/aromatic N) is 2. The number of imidazole rings is 1. The average molecular weight is 516 g/mol. The van der Waals surface area contributed by atoms with Crippen molar-refractivity contribution in [2.75, 3.05) is 6.61 Å². The first-order valence-corrected chi connectivity index (χ1v) is 11.8. The van der Waals surface area contributed by atoms with E-state index in [0.717, 1.165) is 24.8 Å². The van der Waals surface area contributed by atoms with Gasteiger partial charge in [-0.2, -0.15) is 0 Å². The van der Waals surface area contributed by atoms with E-state index in [9.17, 15) is 0 Å². The van der Waals surface area contributed by atoms with Gasteiger partial charge in [0.2, 0.25) is 0 Å². The van der Waals surface area contributed by atoms with E-state index in [0.29, 0.717) is 39.0 Å². The lowest BCUT2D eigenvalue weighted by molar-refractivity contribution is -0.223. The largest absolute Gasteiger partial charge is 0.489 e. The van der Waals surface area contributed by atoms with Gasteiger partial charge in [-0.05, 0) is 49.6 Å². The van der Waals surface area contributed by atoms with Crippen LogP contribution < -0.4 is 4.74 Å². The molecule has 0 spiro atoms. The minimum atomic E-state index is -0.390. The number of hydrogen-bond donors (Lipinski definition) is 0. The Kier molecular flexibility index (Phi) is 8.22. The second kappa shape index (κ2) is 11.1. The zero-order chi connectivity index (χ0) is 22.5. The molecule has 0 bridgehead atoms. The Labute approximate surface area is 207 Å². The molecule has 4 rings (SSSR count). The maximum atomic E-state index is 6.48. The molecule has 2 heterocycles. The Balaban J connectivity index is 1.42. The summed E-state index contributed by atoms with van der Waals surface area (Å²) < 4.78 is 20.4. The van der Waals surface area contributed by atoms with E-state index in [2.05, 4.69) is 4.98 Å². The van der Waals surface area contributed by atoms with Gasteiger partial charge in [0.1, 0.15) is 18.5 Å². The molecular weight excluding hydrogens is 494 g/mol. The summed E-state index contributed by atoms with van der Waals surface area (Å²) in [6.07, 6.45) is 7.13. The summed E-state index contributed by atoms with van der Waals surface area (Å²) in [5, 5.41) is 2.16. The average Bonchev–Trinajstić information content (AvgIpc) is 3.26. The van der Waals surface area contributed by atoms with E-state index in [1.807, 2.05) is 16.8 Å². The Hall–Kier alpha value is -1.47. The van der Waals surface area contributed by atoms with Crippen molar-refractivity contribution in [1.29, 1.82) is 0 Å². The molecule has 0 aliphatic carbocycles. The number of ether oxygens (including phenoxy) is 3. The van der Waals surface area contributed by atoms with Gasteiger partial charge in [0, 0.05) is 33.0 Å². The maximum absolute atomic E-state index is 6.48. The van der Waals surface area contributed by atoms with Gasteiger partial charge in [0.05, 0.1) is 24.0 Å². The van der Waals surface area contributed by atoms with Crippen LogP contribution >= 0.6 is 46.4 Å². The summed E-state index contributed by atoms with van der Waals surface area (Å²) in [6.45, 7) is 0.915. The molecule has 0 radical (unpaired) electrons. The fraction of sp³-hybridized carbons (Fsp3) is 0.348. The lowest BCUT2D eigenvalue weighted by Crippen LogP contribution is -2.35. The van der Waals surface area contributed by atoms with Crippen molar-refractivity contribution in [3.8, 4) is 5.75 Å². The highest BCUT2D eigenvalue weighted by Crippen LogP contribution is 2.33. The van der Waals surface area contributed by atoms with Crippen LogP contribution in [-0.4, -0.2) is 28.6 Å². The molecule has 32 heavy (non-hydrogen) atoms. The van der Waals surface area contributed by atoms with Crippen LogP contribution in [0.1, 0.15) is 30.9 Å². The van der Waals surface area contributed by atoms with Crippen molar-refractivity contribution in [2.45, 2.75) is 44.3 Å². The van der Waals surface area contributed by atoms with Crippen LogP contribution in [0, 0.1) is 0 Å². The lowest BCUT2D eigenvalue weighted by atomic mass is 10.1. The number of rotatable bonds is 8. The number of halogens is 4. The molecule has 0 amide bonds. The van der Waals surface area contributed by atoms with Crippen molar-refractivity contribution in [2.24, 2.45) is 0 Å². The minimum Gasteiger partial charge on any atom is -0.489 e. The number of hydrogen-bond acceptors (Lipinski definition) is 4. The summed E-state index contributed by atoms with van der Waals surface area (Å²) in [7, 11) is 0. The first-order chi connectivity index (χ1) is 15.5. The van der Waals surface area contributed by atoms with E-state index in [1.54, 1.807) is 42.9 Å². The van der Waals surface area contributed by atoms with E-state index < -0.39 is 6.29 Å². The van der Waals surface area contributed by atoms with Crippen molar-refractivity contribution in [3.63, 3.8) is 0 Å². The highest BCUT2D eigenvalue weighted by Gasteiger charge is 2.28. The summed E-state index contributed by atoms with van der Waals surface area (Å²) in [4.78, 5) is 4.12. The minimum absolute atomic E-state index is 0.116. The third-order valence-corrected chi connectivity index (χ3v) is 6.28. The molecule has 0 saturated carbocycles. The quantitative estimate of drug-likeness (QED) is 0.317. The molecule has 1 fully saturated rings. The van der Waals surface area contributed by atoms with E-state index >= 15 is 0 Å². The van der Waals surface area contributed by atoms with Crippen LogP contribution in [0.15, 0.2) is 55.1 Å². The summed E-state index contributed by atoms with van der Waals surface area (Å²) in [6, 6.07) is 10.6. The molecule has 9 heteroatoms. The molecule has 3 unspecified atom stereocenters. The zero-order valence-corrected chi connectivity index (χ0v) is 20.1. The molecule has 2 aromatic carbocycles. The Morgan fingerprint density at radius 3 is 2.53 bits per heavy atom. The predicted octanol–water partition coefficient (Wildman–Crippen LogP) is 7.23. The fourth-order valence-electron chi connectivity index (χ4n) is 3.61. The van der Waals surface area contributed by atoms with Crippen molar-refractivity contribution < 1.29 is 14.2 Å². The fourth-order valence-corrected chi connectivity index (χ4v) is 4.60. The summed E-state index contributed by atoms with van der Waals surface area (Å²) in [5.74, 6) is 0.577. The molecule has 3 atom stereocenters. The lowest BCUT2D eigenvalue weighted by Gasteiger charge is -2.33. The topological polar surface area (TPSA) is 45.5 Å². The molecule has 1 aliphatic heterocycles. The second-order valence-corrected chi connectivity index (χ2v) is 9.24. The third-order valence-electron chi connectivity index (χ3n) is 5.19. The molecule has 1 aliphatic rings. The molecule has 170 valence electrons. The van der Waals surface area contributed by atoms with E-state index in [1.165, 1.54) is 0 Å². The van der Waals surface area contributed by atoms with Crippen molar-refractivity contribution >= 4 is 46.4 Å². The normalized spacial score (nSPS) is 19.6. The molecule has 5 nitrogen and oxygen atoms in total. The highest BCUT2D eigenvalue weighted by atomic mass is 35.5. The van der Waals surface area contributed by atoms with Crippen molar-refractivity contribution in [3.05, 3.63) is 80.8 Å². The standard InChI is InChI=1S/C23H22Cl4N2O3/c24-15-4-6-18(19(26)10-15)22(12-29-9-8-28-14-29)32-23-3-1-2-17(31-23)13-30-21-7-5-16(25)11-20(21)27/h4-11,14,17,22-23H,1-3,12-13H2. The first-order valence-electron chi connectivity index (χ1n) is 10.3. The van der Waals surface area contributed by atoms with Crippen molar-refractivity contribution in [1.82, 2.24) is 9.55 Å². The molecule has 1 saturated heterocycles. The van der Waals surface area contributed by atoms with Crippen LogP contribution in [-0.2, 0) is 16.0 Å². The first kappa shape index (κ1) is 23.7. The van der Waals surface area contributed by atoms with Crippen LogP contribution in [0.4, 0.5) is 0 Å². The van der Waals surface area contributed by atoms with Gasteiger partial charge in [-0.15, -0.1) is 0 Å². The number of benzene rings is 2. The van der Waals surface area contributed by atoms with Crippen LogP contribution in [0.3, 0.4) is 0 Å². The van der Waals surface area contributed by atoms with E-state index in [-0.39, 0.29) is 12.2 Å². The van der Waals surface area contributed by atoms with Gasteiger partial charge in [-0.25, -0.2) is 4.98 Å². The van der Waals surface area contributed by atoms with Crippen LogP contribution in [0.2, 0.25) is 20.1 Å². The zero-order valence-electron chi connectivity index (χ0n) is 17.1. The summed E-state index contributed by atoms with van der Waals surface area (Å²) >= 11 is 24.7. The molecule has 3 aromatic rings. The highest BCUT2D eigenvalue weighted by molar-refractivity contribution is 6.35. The van der Waals surface area contributed by atoms with Gasteiger partial charge in [-0.3, -0.25) is 0 Å². The maximum Gasteiger partial charge on any atom is 0.159 e. The van der Waals surface area contributed by atoms with Gasteiger partial charge >= 0.3 is 0 Å². The Bertz CT molecular complexity index is 1030. The Morgan fingerprint density at radius 2 is 1.81 bits per heavy atom. The second-order valence-electron chi connectivity index (χ2n) is 7.55. The SMILES string of the molecule is Clc1ccc(OCC2CCCC(OC(Cn3ccnc3)c3ccc(Cl)cc3Cl)O2)c(Cl)c1. The number of aromatic nitrogens is 2.